The van der Waals surface area contributed by atoms with Crippen LogP contribution in [0.15, 0.2) is 0 Å². The highest BCUT2D eigenvalue weighted by Gasteiger charge is 2.20. The summed E-state index contributed by atoms with van der Waals surface area (Å²) in [5.41, 5.74) is 0. The number of carbonyl (C=O) groups is 1. The van der Waals surface area contributed by atoms with E-state index in [9.17, 15) is 4.79 Å². The lowest BCUT2D eigenvalue weighted by molar-refractivity contribution is -0.130. The van der Waals surface area contributed by atoms with Gasteiger partial charge in [-0.1, -0.05) is 29.3 Å². The summed E-state index contributed by atoms with van der Waals surface area (Å²) in [6.45, 7) is 4.13. The Morgan fingerprint density at radius 2 is 2.29 bits per heavy atom. The quantitative estimate of drug-likeness (QED) is 0.713. The molecule has 0 aromatic rings. The van der Waals surface area contributed by atoms with Crippen molar-refractivity contribution in [2.45, 2.75) is 39.0 Å². The van der Waals surface area contributed by atoms with E-state index in [1.807, 2.05) is 4.90 Å². The van der Waals surface area contributed by atoms with Gasteiger partial charge in [-0.05, 0) is 25.2 Å². The number of nitrogens with zero attached hydrogens (tertiary/aromatic N) is 1. The van der Waals surface area contributed by atoms with Gasteiger partial charge in [-0.25, -0.2) is 0 Å². The zero-order valence-electron chi connectivity index (χ0n) is 8.97. The summed E-state index contributed by atoms with van der Waals surface area (Å²) in [7, 11) is 0. The zero-order valence-corrected chi connectivity index (χ0v) is 10.6. The molecule has 0 spiro atoms. The second kappa shape index (κ2) is 6.44. The van der Waals surface area contributed by atoms with E-state index in [0.29, 0.717) is 5.91 Å². The molecule has 14 heavy (non-hydrogen) atoms. The second-order valence-corrected chi connectivity index (χ2v) is 4.82. The molecule has 0 radical (unpaired) electrons. The molecule has 0 N–H and O–H groups in total. The first-order valence-corrected chi connectivity index (χ1v) is 6.73. The molecule has 1 heterocycles. The van der Waals surface area contributed by atoms with E-state index in [0.717, 1.165) is 43.6 Å². The molecule has 0 saturated carbocycles. The molecule has 1 unspecified atom stereocenters. The molecule has 1 amide bonds. The summed E-state index contributed by atoms with van der Waals surface area (Å²) < 4.78 is 0. The Kier molecular flexibility index (Phi) is 5.53. The van der Waals surface area contributed by atoms with Gasteiger partial charge in [0.05, 0.1) is 0 Å². The Labute approximate surface area is 95.2 Å². The molecular weight excluding hydrogens is 242 g/mol. The number of hydrogen-bond acceptors (Lipinski definition) is 1. The minimum atomic E-state index is 0.363. The first kappa shape index (κ1) is 12.0. The van der Waals surface area contributed by atoms with Crippen LogP contribution in [0.5, 0.6) is 0 Å². The Bertz CT molecular complexity index is 184. The average molecular weight is 262 g/mol. The monoisotopic (exact) mass is 261 g/mol. The third kappa shape index (κ3) is 3.60. The summed E-state index contributed by atoms with van der Waals surface area (Å²) in [5, 5.41) is 0.994. The molecule has 0 aliphatic carbocycles. The molecule has 1 aliphatic heterocycles. The maximum absolute atomic E-state index is 11.7. The Morgan fingerprint density at radius 1 is 1.50 bits per heavy atom. The first-order valence-electron chi connectivity index (χ1n) is 5.61. The van der Waals surface area contributed by atoms with Crippen molar-refractivity contribution in [3.05, 3.63) is 0 Å². The van der Waals surface area contributed by atoms with Gasteiger partial charge in [0.2, 0.25) is 5.91 Å². The molecule has 2 nitrogen and oxygen atoms in total. The molecule has 1 fully saturated rings. The Morgan fingerprint density at radius 3 is 2.93 bits per heavy atom. The number of halogens is 1. The summed E-state index contributed by atoms with van der Waals surface area (Å²) in [6, 6.07) is 0. The van der Waals surface area contributed by atoms with Crippen LogP contribution in [0.2, 0.25) is 0 Å². The minimum Gasteiger partial charge on any atom is -0.343 e. The molecule has 0 aromatic heterocycles. The van der Waals surface area contributed by atoms with E-state index in [2.05, 4.69) is 22.9 Å². The predicted octanol–water partition coefficient (Wildman–Crippen LogP) is 2.81. The van der Waals surface area contributed by atoms with Gasteiger partial charge in [-0.3, -0.25) is 4.79 Å². The fourth-order valence-corrected chi connectivity index (χ4v) is 2.24. The molecule has 1 saturated heterocycles. The van der Waals surface area contributed by atoms with Gasteiger partial charge < -0.3 is 4.90 Å². The average Bonchev–Trinajstić information content (AvgIpc) is 2.38. The lowest BCUT2D eigenvalue weighted by atomic mass is 9.98. The van der Waals surface area contributed by atoms with E-state index in [1.165, 1.54) is 12.8 Å². The molecular formula is C11H20BrNO. The molecule has 1 atom stereocenters. The fraction of sp³-hybridized carbons (Fsp3) is 0.909. The SMILES string of the molecule is CCC1CCC(=O)N(CCCBr)CC1. The van der Waals surface area contributed by atoms with E-state index in [-0.39, 0.29) is 0 Å². The van der Waals surface area contributed by atoms with Gasteiger partial charge >= 0.3 is 0 Å². The third-order valence-corrected chi connectivity index (χ3v) is 3.63. The van der Waals surface area contributed by atoms with Gasteiger partial charge in [0.1, 0.15) is 0 Å². The summed E-state index contributed by atoms with van der Waals surface area (Å²) in [4.78, 5) is 13.7. The topological polar surface area (TPSA) is 20.3 Å². The normalized spacial score (nSPS) is 23.7. The van der Waals surface area contributed by atoms with Crippen molar-refractivity contribution in [1.29, 1.82) is 0 Å². The maximum Gasteiger partial charge on any atom is 0.222 e. The number of likely N-dealkylation sites (tertiary alicyclic amines) is 1. The van der Waals surface area contributed by atoms with Gasteiger partial charge in [0, 0.05) is 24.8 Å². The van der Waals surface area contributed by atoms with Crippen LogP contribution in [0, 0.1) is 5.92 Å². The van der Waals surface area contributed by atoms with Crippen molar-refractivity contribution in [2.24, 2.45) is 5.92 Å². The predicted molar refractivity (Wildman–Crippen MR) is 62.6 cm³/mol. The Hall–Kier alpha value is -0.0500. The third-order valence-electron chi connectivity index (χ3n) is 3.07. The van der Waals surface area contributed by atoms with Crippen LogP contribution in [0.1, 0.15) is 39.0 Å². The van der Waals surface area contributed by atoms with Crippen molar-refractivity contribution in [3.63, 3.8) is 0 Å². The lowest BCUT2D eigenvalue weighted by Gasteiger charge is -2.20. The van der Waals surface area contributed by atoms with Crippen molar-refractivity contribution in [2.75, 3.05) is 18.4 Å². The number of carbonyl (C=O) groups excluding carboxylic acids is 1. The van der Waals surface area contributed by atoms with Crippen LogP contribution in [-0.2, 0) is 4.79 Å². The van der Waals surface area contributed by atoms with Crippen LogP contribution in [0.25, 0.3) is 0 Å². The zero-order chi connectivity index (χ0) is 10.4. The highest BCUT2D eigenvalue weighted by molar-refractivity contribution is 9.09. The minimum absolute atomic E-state index is 0.363. The molecule has 1 aliphatic rings. The Balaban J connectivity index is 2.39. The van der Waals surface area contributed by atoms with Crippen LogP contribution < -0.4 is 0 Å². The van der Waals surface area contributed by atoms with Gasteiger partial charge in [-0.15, -0.1) is 0 Å². The van der Waals surface area contributed by atoms with E-state index < -0.39 is 0 Å². The fourth-order valence-electron chi connectivity index (χ4n) is 1.99. The van der Waals surface area contributed by atoms with E-state index in [1.54, 1.807) is 0 Å². The van der Waals surface area contributed by atoms with E-state index >= 15 is 0 Å². The number of amides is 1. The molecule has 82 valence electrons. The van der Waals surface area contributed by atoms with Crippen LogP contribution >= 0.6 is 15.9 Å². The van der Waals surface area contributed by atoms with Crippen LogP contribution in [-0.4, -0.2) is 29.2 Å². The lowest BCUT2D eigenvalue weighted by Crippen LogP contribution is -2.31. The van der Waals surface area contributed by atoms with Crippen LogP contribution in [0.3, 0.4) is 0 Å². The first-order chi connectivity index (χ1) is 6.77. The number of hydrogen-bond donors (Lipinski definition) is 0. The summed E-state index contributed by atoms with van der Waals surface area (Å²) >= 11 is 3.40. The second-order valence-electron chi connectivity index (χ2n) is 4.02. The van der Waals surface area contributed by atoms with Crippen molar-refractivity contribution >= 4 is 21.8 Å². The standard InChI is InChI=1S/C11H20BrNO/c1-2-10-4-5-11(14)13(9-6-10)8-3-7-12/h10H,2-9H2,1H3. The molecule has 0 bridgehead atoms. The van der Waals surface area contributed by atoms with Crippen molar-refractivity contribution in [1.82, 2.24) is 4.90 Å². The smallest absolute Gasteiger partial charge is 0.222 e. The largest absolute Gasteiger partial charge is 0.343 e. The van der Waals surface area contributed by atoms with Gasteiger partial charge in [-0.2, -0.15) is 0 Å². The molecule has 0 aromatic carbocycles. The molecule has 3 heteroatoms. The van der Waals surface area contributed by atoms with Crippen molar-refractivity contribution < 1.29 is 4.79 Å². The van der Waals surface area contributed by atoms with Gasteiger partial charge in [0.25, 0.3) is 0 Å². The van der Waals surface area contributed by atoms with E-state index in [4.69, 9.17) is 0 Å². The van der Waals surface area contributed by atoms with Crippen molar-refractivity contribution in [3.8, 4) is 0 Å². The molecule has 1 rings (SSSR count). The number of rotatable bonds is 4. The highest BCUT2D eigenvalue weighted by Crippen LogP contribution is 2.21. The van der Waals surface area contributed by atoms with Gasteiger partial charge in [0.15, 0.2) is 0 Å². The summed E-state index contributed by atoms with van der Waals surface area (Å²) in [6.07, 6.45) is 5.35. The highest BCUT2D eigenvalue weighted by atomic mass is 79.9. The maximum atomic E-state index is 11.7. The van der Waals surface area contributed by atoms with Crippen LogP contribution in [0.4, 0.5) is 0 Å². The number of alkyl halides is 1. The summed E-state index contributed by atoms with van der Waals surface area (Å²) in [5.74, 6) is 1.13.